The second-order valence-corrected chi connectivity index (χ2v) is 10.1. The van der Waals surface area contributed by atoms with Crippen molar-refractivity contribution in [3.8, 4) is 34.5 Å². The number of phenols is 5. The van der Waals surface area contributed by atoms with Crippen LogP contribution in [0.4, 0.5) is 0 Å². The normalized spacial score (nSPS) is 12.9. The highest BCUT2D eigenvalue weighted by Gasteiger charge is 2.27. The van der Waals surface area contributed by atoms with Gasteiger partial charge in [-0.1, -0.05) is 54.6 Å². The highest BCUT2D eigenvalue weighted by molar-refractivity contribution is 6.11. The van der Waals surface area contributed by atoms with Gasteiger partial charge in [-0.2, -0.15) is 0 Å². The van der Waals surface area contributed by atoms with Crippen molar-refractivity contribution in [1.82, 2.24) is 0 Å². The molecule has 8 nitrogen and oxygen atoms in total. The Bertz CT molecular complexity index is 1590. The van der Waals surface area contributed by atoms with Gasteiger partial charge in [0.1, 0.15) is 40.1 Å². The van der Waals surface area contributed by atoms with Crippen LogP contribution in [0, 0.1) is 0 Å². The number of allylic oxidation sites excluding steroid dienone is 2. The van der Waals surface area contributed by atoms with E-state index in [0.29, 0.717) is 24.0 Å². The van der Waals surface area contributed by atoms with E-state index in [2.05, 4.69) is 0 Å². The lowest BCUT2D eigenvalue weighted by molar-refractivity contribution is 0.104. The first kappa shape index (κ1) is 30.7. The number of benzene rings is 4. The van der Waals surface area contributed by atoms with Crippen molar-refractivity contribution in [3.05, 3.63) is 125 Å². The van der Waals surface area contributed by atoms with Gasteiger partial charge in [0.05, 0.1) is 13.2 Å². The van der Waals surface area contributed by atoms with Gasteiger partial charge in [-0.3, -0.25) is 4.79 Å². The average Bonchev–Trinajstić information content (AvgIpc) is 2.99. The third kappa shape index (κ3) is 7.96. The highest BCUT2D eigenvalue weighted by atomic mass is 16.5. The molecular formula is C35H34O8. The zero-order valence-electron chi connectivity index (χ0n) is 23.6. The number of rotatable bonds is 12. The third-order valence-corrected chi connectivity index (χ3v) is 7.07. The van der Waals surface area contributed by atoms with E-state index in [-0.39, 0.29) is 46.3 Å². The molecule has 43 heavy (non-hydrogen) atoms. The van der Waals surface area contributed by atoms with E-state index in [1.54, 1.807) is 60.7 Å². The van der Waals surface area contributed by atoms with E-state index >= 15 is 0 Å². The van der Waals surface area contributed by atoms with Crippen molar-refractivity contribution in [2.75, 3.05) is 7.11 Å². The maximum Gasteiger partial charge on any atom is 0.193 e. The molecule has 0 saturated heterocycles. The lowest BCUT2D eigenvalue weighted by atomic mass is 9.86. The fourth-order valence-electron chi connectivity index (χ4n) is 4.73. The Kier molecular flexibility index (Phi) is 10.1. The molecule has 4 aromatic rings. The van der Waals surface area contributed by atoms with E-state index in [9.17, 15) is 35.4 Å². The van der Waals surface area contributed by atoms with Crippen molar-refractivity contribution in [2.24, 2.45) is 0 Å². The molecule has 0 bridgehead atoms. The quantitative estimate of drug-likeness (QED) is 0.0658. The maximum absolute atomic E-state index is 13.3. The minimum absolute atomic E-state index is 0.0165. The minimum atomic E-state index is -0.747. The number of methoxy groups -OCH3 is 1. The summed E-state index contributed by atoms with van der Waals surface area (Å²) in [5.74, 6) is -1.80. The highest BCUT2D eigenvalue weighted by Crippen LogP contribution is 2.45. The Morgan fingerprint density at radius 3 is 2.02 bits per heavy atom. The van der Waals surface area contributed by atoms with Crippen molar-refractivity contribution >= 4 is 11.9 Å². The number of ketones is 1. The van der Waals surface area contributed by atoms with Crippen LogP contribution in [0.2, 0.25) is 0 Å². The van der Waals surface area contributed by atoms with Crippen LogP contribution in [0.1, 0.15) is 51.4 Å². The topological polar surface area (TPSA) is 148 Å². The number of phenolic OH excluding ortho intramolecular Hbond substituents is 5. The third-order valence-electron chi connectivity index (χ3n) is 7.07. The predicted octanol–water partition coefficient (Wildman–Crippen LogP) is 6.19. The van der Waals surface area contributed by atoms with Gasteiger partial charge >= 0.3 is 0 Å². The SMILES string of the molecule is COc1cc(O)c([C@H](/C=C/C[C@H](O)CCc2ccc(O)cc2)c2ccc(O)cc2)c(O)c1C(=O)/C=C/c1ccc(O)cc1. The molecule has 0 amide bonds. The van der Waals surface area contributed by atoms with Crippen molar-refractivity contribution in [2.45, 2.75) is 31.3 Å². The van der Waals surface area contributed by atoms with Gasteiger partial charge in [0.2, 0.25) is 0 Å². The summed E-state index contributed by atoms with van der Waals surface area (Å²) in [4.78, 5) is 13.3. The molecule has 4 aromatic carbocycles. The van der Waals surface area contributed by atoms with Crippen LogP contribution in [0.15, 0.2) is 97.1 Å². The van der Waals surface area contributed by atoms with E-state index < -0.39 is 23.6 Å². The molecule has 0 unspecified atom stereocenters. The number of hydrogen-bond donors (Lipinski definition) is 6. The molecule has 0 heterocycles. The number of ether oxygens (including phenoxy) is 1. The van der Waals surface area contributed by atoms with E-state index in [1.165, 1.54) is 49.6 Å². The van der Waals surface area contributed by atoms with E-state index in [1.807, 2.05) is 0 Å². The number of aliphatic hydroxyl groups is 1. The fourth-order valence-corrected chi connectivity index (χ4v) is 4.73. The number of carbonyl (C=O) groups excluding carboxylic acids is 1. The van der Waals surface area contributed by atoms with E-state index in [4.69, 9.17) is 4.74 Å². The molecule has 222 valence electrons. The fraction of sp³-hybridized carbons (Fsp3) is 0.171. The Balaban J connectivity index is 1.64. The summed E-state index contributed by atoms with van der Waals surface area (Å²) < 4.78 is 5.33. The van der Waals surface area contributed by atoms with Crippen molar-refractivity contribution in [3.63, 3.8) is 0 Å². The van der Waals surface area contributed by atoms with Crippen LogP contribution in [-0.2, 0) is 6.42 Å². The van der Waals surface area contributed by atoms with Crippen LogP contribution < -0.4 is 4.74 Å². The Hall–Kier alpha value is -5.21. The summed E-state index contributed by atoms with van der Waals surface area (Å²) in [5.41, 5.74) is 2.16. The summed E-state index contributed by atoms with van der Waals surface area (Å²) in [5, 5.41) is 61.9. The first-order chi connectivity index (χ1) is 20.7. The molecule has 2 atom stereocenters. The summed E-state index contributed by atoms with van der Waals surface area (Å²) in [6.07, 6.45) is 6.96. The van der Waals surface area contributed by atoms with Crippen LogP contribution in [0.5, 0.6) is 34.5 Å². The summed E-state index contributed by atoms with van der Waals surface area (Å²) >= 11 is 0. The lowest BCUT2D eigenvalue weighted by Gasteiger charge is -2.20. The molecule has 0 saturated carbocycles. The van der Waals surface area contributed by atoms with Gasteiger partial charge in [0.25, 0.3) is 0 Å². The summed E-state index contributed by atoms with van der Waals surface area (Å²) in [7, 11) is 1.32. The van der Waals surface area contributed by atoms with Crippen LogP contribution in [0.25, 0.3) is 6.08 Å². The number of aromatic hydroxyl groups is 5. The Morgan fingerprint density at radius 2 is 1.42 bits per heavy atom. The zero-order chi connectivity index (χ0) is 30.9. The van der Waals surface area contributed by atoms with Gasteiger partial charge in [-0.25, -0.2) is 0 Å². The first-order valence-corrected chi connectivity index (χ1v) is 13.7. The molecule has 0 aliphatic rings. The number of aryl methyl sites for hydroxylation is 1. The van der Waals surface area contributed by atoms with Crippen molar-refractivity contribution in [1.29, 1.82) is 0 Å². The van der Waals surface area contributed by atoms with E-state index in [0.717, 1.165) is 5.56 Å². The molecule has 0 aliphatic carbocycles. The van der Waals surface area contributed by atoms with Gasteiger partial charge in [-0.05, 0) is 78.4 Å². The Morgan fingerprint density at radius 1 is 0.837 bits per heavy atom. The lowest BCUT2D eigenvalue weighted by Crippen LogP contribution is -2.08. The molecule has 8 heteroatoms. The smallest absolute Gasteiger partial charge is 0.193 e. The standard InChI is InChI=1S/C35H34O8/c1-43-32-21-31(41)33(35(42)34(32)30(40)20-10-23-8-16-27(38)17-9-23)29(24-11-18-28(39)19-12-24)4-2-3-25(36)13-5-22-6-14-26(37)15-7-22/h2,4,6-12,14-21,25,29,36-39,41-42H,3,5,13H2,1H3/b4-2+,20-10+/t25-,29+/m0/s1. The van der Waals surface area contributed by atoms with Crippen LogP contribution in [-0.4, -0.2) is 49.6 Å². The van der Waals surface area contributed by atoms with Crippen molar-refractivity contribution < 1.29 is 40.2 Å². The summed E-state index contributed by atoms with van der Waals surface area (Å²) in [6, 6.07) is 20.5. The predicted molar refractivity (Wildman–Crippen MR) is 164 cm³/mol. The molecule has 4 rings (SSSR count). The Labute approximate surface area is 249 Å². The largest absolute Gasteiger partial charge is 0.508 e. The molecule has 0 aliphatic heterocycles. The molecular weight excluding hydrogens is 548 g/mol. The van der Waals surface area contributed by atoms with Gasteiger partial charge in [-0.15, -0.1) is 0 Å². The monoisotopic (exact) mass is 582 g/mol. The van der Waals surface area contributed by atoms with Gasteiger partial charge in [0, 0.05) is 17.5 Å². The number of hydrogen-bond acceptors (Lipinski definition) is 8. The molecule has 0 fully saturated rings. The van der Waals surface area contributed by atoms with Gasteiger partial charge in [0.15, 0.2) is 5.78 Å². The van der Waals surface area contributed by atoms with Gasteiger partial charge < -0.3 is 35.4 Å². The maximum atomic E-state index is 13.3. The van der Waals surface area contributed by atoms with Crippen LogP contribution >= 0.6 is 0 Å². The zero-order valence-corrected chi connectivity index (χ0v) is 23.6. The first-order valence-electron chi connectivity index (χ1n) is 13.7. The molecule has 0 aromatic heterocycles. The number of carbonyl (C=O) groups is 1. The molecule has 6 N–H and O–H groups in total. The van der Waals surface area contributed by atoms with Crippen LogP contribution in [0.3, 0.4) is 0 Å². The molecule has 0 spiro atoms. The number of aliphatic hydroxyl groups excluding tert-OH is 1. The summed E-state index contributed by atoms with van der Waals surface area (Å²) in [6.45, 7) is 0. The second kappa shape index (κ2) is 14.1. The molecule has 0 radical (unpaired) electrons. The minimum Gasteiger partial charge on any atom is -0.508 e. The second-order valence-electron chi connectivity index (χ2n) is 10.1. The average molecular weight is 583 g/mol.